The lowest BCUT2D eigenvalue weighted by atomic mass is 9.97. The fourth-order valence-electron chi connectivity index (χ4n) is 2.31. The molecule has 0 radical (unpaired) electrons. The highest BCUT2D eigenvalue weighted by Gasteiger charge is 2.03. The van der Waals surface area contributed by atoms with Crippen LogP contribution in [-0.2, 0) is 6.61 Å². The molecular weight excluding hydrogens is 220 g/mol. The first-order chi connectivity index (χ1) is 8.88. The number of fused-ring (bicyclic) bond motifs is 1. The number of rotatable bonds is 2. The lowest BCUT2D eigenvalue weighted by molar-refractivity contribution is 0.282. The highest BCUT2D eigenvalue weighted by Crippen LogP contribution is 2.28. The van der Waals surface area contributed by atoms with Crippen molar-refractivity contribution in [1.29, 1.82) is 0 Å². The Morgan fingerprint density at radius 1 is 0.778 bits per heavy atom. The standard InChI is InChI=1S/C17H14O/c18-12-13-5-3-8-15(11-13)17-10-4-7-14-6-1-2-9-16(14)17/h1-11,18H,12H2. The van der Waals surface area contributed by atoms with Crippen LogP contribution in [-0.4, -0.2) is 5.11 Å². The van der Waals surface area contributed by atoms with Crippen LogP contribution in [0.25, 0.3) is 21.9 Å². The monoisotopic (exact) mass is 234 g/mol. The normalized spacial score (nSPS) is 10.7. The average molecular weight is 234 g/mol. The van der Waals surface area contributed by atoms with Gasteiger partial charge in [0.2, 0.25) is 0 Å². The summed E-state index contributed by atoms with van der Waals surface area (Å²) in [6.45, 7) is 0.0820. The van der Waals surface area contributed by atoms with E-state index in [1.165, 1.54) is 16.3 Å². The van der Waals surface area contributed by atoms with Crippen molar-refractivity contribution in [1.82, 2.24) is 0 Å². The molecule has 0 saturated carbocycles. The summed E-state index contributed by atoms with van der Waals surface area (Å²) in [6, 6.07) is 22.7. The molecule has 18 heavy (non-hydrogen) atoms. The van der Waals surface area contributed by atoms with Crippen LogP contribution in [0.15, 0.2) is 66.7 Å². The molecule has 0 aliphatic carbocycles. The van der Waals surface area contributed by atoms with Crippen molar-refractivity contribution in [2.45, 2.75) is 6.61 Å². The summed E-state index contributed by atoms with van der Waals surface area (Å²) in [5, 5.41) is 11.7. The Morgan fingerprint density at radius 2 is 1.56 bits per heavy atom. The van der Waals surface area contributed by atoms with Gasteiger partial charge in [0.05, 0.1) is 6.61 Å². The van der Waals surface area contributed by atoms with E-state index in [9.17, 15) is 5.11 Å². The molecule has 1 N–H and O–H groups in total. The summed E-state index contributed by atoms with van der Waals surface area (Å²) in [5.41, 5.74) is 3.31. The highest BCUT2D eigenvalue weighted by atomic mass is 16.3. The number of benzene rings is 3. The number of aliphatic hydroxyl groups excluding tert-OH is 1. The lowest BCUT2D eigenvalue weighted by Crippen LogP contribution is -1.85. The smallest absolute Gasteiger partial charge is 0.0682 e. The molecule has 88 valence electrons. The van der Waals surface area contributed by atoms with Crippen LogP contribution in [0, 0.1) is 0 Å². The minimum absolute atomic E-state index is 0.0820. The van der Waals surface area contributed by atoms with Crippen molar-refractivity contribution in [2.75, 3.05) is 0 Å². The molecule has 0 unspecified atom stereocenters. The molecule has 3 aromatic carbocycles. The SMILES string of the molecule is OCc1cccc(-c2cccc3ccccc23)c1. The van der Waals surface area contributed by atoms with Crippen molar-refractivity contribution >= 4 is 10.8 Å². The van der Waals surface area contributed by atoms with E-state index in [0.717, 1.165) is 11.1 Å². The molecule has 0 fully saturated rings. The van der Waals surface area contributed by atoms with E-state index in [-0.39, 0.29) is 6.61 Å². The summed E-state index contributed by atoms with van der Waals surface area (Å²) < 4.78 is 0. The molecule has 0 aromatic heterocycles. The average Bonchev–Trinajstić information content (AvgIpc) is 2.47. The van der Waals surface area contributed by atoms with Crippen LogP contribution in [0.4, 0.5) is 0 Å². The lowest BCUT2D eigenvalue weighted by Gasteiger charge is -2.08. The summed E-state index contributed by atoms with van der Waals surface area (Å²) >= 11 is 0. The molecule has 0 atom stereocenters. The molecule has 1 nitrogen and oxygen atoms in total. The zero-order chi connectivity index (χ0) is 12.4. The van der Waals surface area contributed by atoms with Crippen LogP contribution in [0.2, 0.25) is 0 Å². The van der Waals surface area contributed by atoms with Crippen molar-refractivity contribution in [3.8, 4) is 11.1 Å². The maximum absolute atomic E-state index is 9.22. The van der Waals surface area contributed by atoms with Crippen LogP contribution in [0.1, 0.15) is 5.56 Å². The Bertz CT molecular complexity index is 681. The predicted octanol–water partition coefficient (Wildman–Crippen LogP) is 4.00. The third-order valence-corrected chi connectivity index (χ3v) is 3.21. The van der Waals surface area contributed by atoms with Crippen LogP contribution in [0.5, 0.6) is 0 Å². The fourth-order valence-corrected chi connectivity index (χ4v) is 2.31. The Labute approximate surface area is 106 Å². The highest BCUT2D eigenvalue weighted by molar-refractivity contribution is 5.96. The van der Waals surface area contributed by atoms with E-state index in [1.54, 1.807) is 0 Å². The Morgan fingerprint density at radius 3 is 2.44 bits per heavy atom. The van der Waals surface area contributed by atoms with Crippen molar-refractivity contribution in [3.63, 3.8) is 0 Å². The Kier molecular flexibility index (Phi) is 2.83. The molecule has 0 aliphatic rings. The fraction of sp³-hybridized carbons (Fsp3) is 0.0588. The van der Waals surface area contributed by atoms with Gasteiger partial charge in [0.25, 0.3) is 0 Å². The van der Waals surface area contributed by atoms with Gasteiger partial charge < -0.3 is 5.11 Å². The topological polar surface area (TPSA) is 20.2 Å². The largest absolute Gasteiger partial charge is 0.392 e. The molecule has 3 aromatic rings. The van der Waals surface area contributed by atoms with Gasteiger partial charge in [-0.2, -0.15) is 0 Å². The van der Waals surface area contributed by atoms with Gasteiger partial charge >= 0.3 is 0 Å². The molecule has 1 heteroatoms. The molecule has 0 saturated heterocycles. The third-order valence-electron chi connectivity index (χ3n) is 3.21. The van der Waals surface area contributed by atoms with Crippen molar-refractivity contribution in [3.05, 3.63) is 72.3 Å². The van der Waals surface area contributed by atoms with E-state index in [1.807, 2.05) is 18.2 Å². The zero-order valence-electron chi connectivity index (χ0n) is 10.0. The molecule has 3 rings (SSSR count). The predicted molar refractivity (Wildman–Crippen MR) is 75.3 cm³/mol. The van der Waals surface area contributed by atoms with Gasteiger partial charge in [0, 0.05) is 0 Å². The summed E-state index contributed by atoms with van der Waals surface area (Å²) in [6.07, 6.45) is 0. The van der Waals surface area contributed by atoms with E-state index in [2.05, 4.69) is 48.5 Å². The van der Waals surface area contributed by atoms with E-state index >= 15 is 0 Å². The third kappa shape index (κ3) is 1.89. The molecular formula is C17H14O. The minimum atomic E-state index is 0.0820. The summed E-state index contributed by atoms with van der Waals surface area (Å²) in [7, 11) is 0. The van der Waals surface area contributed by atoms with Gasteiger partial charge in [0.1, 0.15) is 0 Å². The quantitative estimate of drug-likeness (QED) is 0.710. The summed E-state index contributed by atoms with van der Waals surface area (Å²) in [4.78, 5) is 0. The first kappa shape index (κ1) is 11.0. The second-order valence-electron chi connectivity index (χ2n) is 4.39. The molecule has 0 heterocycles. The van der Waals surface area contributed by atoms with Gasteiger partial charge in [-0.05, 0) is 33.5 Å². The maximum atomic E-state index is 9.22. The van der Waals surface area contributed by atoms with Crippen molar-refractivity contribution in [2.24, 2.45) is 0 Å². The second-order valence-corrected chi connectivity index (χ2v) is 4.39. The van der Waals surface area contributed by atoms with E-state index in [0.29, 0.717) is 0 Å². The first-order valence-corrected chi connectivity index (χ1v) is 6.06. The second kappa shape index (κ2) is 4.63. The first-order valence-electron chi connectivity index (χ1n) is 6.06. The van der Waals surface area contributed by atoms with Gasteiger partial charge in [-0.1, -0.05) is 60.7 Å². The van der Waals surface area contributed by atoms with Crippen LogP contribution < -0.4 is 0 Å². The number of hydrogen-bond donors (Lipinski definition) is 1. The molecule has 0 aliphatic heterocycles. The van der Waals surface area contributed by atoms with Crippen molar-refractivity contribution < 1.29 is 5.11 Å². The van der Waals surface area contributed by atoms with Gasteiger partial charge in [0.15, 0.2) is 0 Å². The minimum Gasteiger partial charge on any atom is -0.392 e. The van der Waals surface area contributed by atoms with Crippen LogP contribution in [0.3, 0.4) is 0 Å². The molecule has 0 amide bonds. The maximum Gasteiger partial charge on any atom is 0.0682 e. The van der Waals surface area contributed by atoms with Gasteiger partial charge in [-0.25, -0.2) is 0 Å². The summed E-state index contributed by atoms with van der Waals surface area (Å²) in [5.74, 6) is 0. The van der Waals surface area contributed by atoms with Crippen LogP contribution >= 0.6 is 0 Å². The van der Waals surface area contributed by atoms with Gasteiger partial charge in [-0.3, -0.25) is 0 Å². The number of hydrogen-bond acceptors (Lipinski definition) is 1. The Hall–Kier alpha value is -2.12. The molecule has 0 bridgehead atoms. The van der Waals surface area contributed by atoms with Gasteiger partial charge in [-0.15, -0.1) is 0 Å². The Balaban J connectivity index is 2.24. The van der Waals surface area contributed by atoms with E-state index < -0.39 is 0 Å². The zero-order valence-corrected chi connectivity index (χ0v) is 10.0. The van der Waals surface area contributed by atoms with E-state index in [4.69, 9.17) is 0 Å². The number of aliphatic hydroxyl groups is 1. The molecule has 0 spiro atoms.